The molecule has 0 radical (unpaired) electrons. The van der Waals surface area contributed by atoms with Crippen LogP contribution in [0.3, 0.4) is 0 Å². The van der Waals surface area contributed by atoms with Crippen molar-refractivity contribution < 1.29 is 5.11 Å². The second-order valence-electron chi connectivity index (χ2n) is 6.87. The van der Waals surface area contributed by atoms with E-state index >= 15 is 0 Å². The molecule has 0 amide bonds. The van der Waals surface area contributed by atoms with Gasteiger partial charge in [-0.3, -0.25) is 0 Å². The minimum Gasteiger partial charge on any atom is -0.384 e. The van der Waals surface area contributed by atoms with Gasteiger partial charge in [-0.15, -0.1) is 0 Å². The lowest BCUT2D eigenvalue weighted by atomic mass is 9.86. The van der Waals surface area contributed by atoms with Gasteiger partial charge in [0.05, 0.1) is 0 Å². The summed E-state index contributed by atoms with van der Waals surface area (Å²) in [4.78, 5) is 2.30. The monoisotopic (exact) mass is 278 g/mol. The van der Waals surface area contributed by atoms with E-state index in [0.717, 1.165) is 12.1 Å². The summed E-state index contributed by atoms with van der Waals surface area (Å²) in [6.07, 6.45) is 0.643. The highest BCUT2D eigenvalue weighted by Gasteiger charge is 2.30. The van der Waals surface area contributed by atoms with Crippen LogP contribution in [0.4, 0.5) is 0 Å². The molecule has 0 aliphatic rings. The number of hydrogen-bond acceptors (Lipinski definition) is 3. The fraction of sp³-hybridized carbons (Fsp3) is 0.647. The van der Waals surface area contributed by atoms with Crippen molar-refractivity contribution in [2.75, 3.05) is 20.1 Å². The first-order chi connectivity index (χ1) is 9.20. The summed E-state index contributed by atoms with van der Waals surface area (Å²) in [6, 6.07) is 10.2. The van der Waals surface area contributed by atoms with Crippen LogP contribution in [0.15, 0.2) is 30.3 Å². The lowest BCUT2D eigenvalue weighted by Crippen LogP contribution is -2.43. The van der Waals surface area contributed by atoms with Crippen molar-refractivity contribution in [3.8, 4) is 0 Å². The van der Waals surface area contributed by atoms with Crippen molar-refractivity contribution in [3.63, 3.8) is 0 Å². The van der Waals surface area contributed by atoms with Crippen molar-refractivity contribution in [3.05, 3.63) is 35.9 Å². The van der Waals surface area contributed by atoms with E-state index in [1.54, 1.807) is 0 Å². The molecule has 0 fully saturated rings. The largest absolute Gasteiger partial charge is 0.384 e. The van der Waals surface area contributed by atoms with Crippen LogP contribution in [0.1, 0.15) is 39.7 Å². The number of aliphatic hydroxyl groups is 1. The molecular weight excluding hydrogens is 248 g/mol. The molecule has 2 unspecified atom stereocenters. The Bertz CT molecular complexity index is 399. The van der Waals surface area contributed by atoms with Gasteiger partial charge in [-0.25, -0.2) is 0 Å². The standard InChI is InChI=1S/C17H30N2O/c1-14(16(2,3)4)19(5)12-11-17(20,13-18)15-9-7-6-8-10-15/h6-10,14,20H,11-13,18H2,1-5H3. The minimum atomic E-state index is -0.937. The van der Waals surface area contributed by atoms with Gasteiger partial charge in [0.2, 0.25) is 0 Å². The van der Waals surface area contributed by atoms with E-state index in [-0.39, 0.29) is 12.0 Å². The molecule has 3 nitrogen and oxygen atoms in total. The summed E-state index contributed by atoms with van der Waals surface area (Å²) >= 11 is 0. The van der Waals surface area contributed by atoms with Gasteiger partial charge >= 0.3 is 0 Å². The first-order valence-corrected chi connectivity index (χ1v) is 7.39. The summed E-state index contributed by atoms with van der Waals surface area (Å²) in [5.74, 6) is 0. The molecule has 0 bridgehead atoms. The predicted octanol–water partition coefficient (Wildman–Crippen LogP) is 2.59. The number of benzene rings is 1. The van der Waals surface area contributed by atoms with Crippen molar-refractivity contribution in [1.29, 1.82) is 0 Å². The average Bonchev–Trinajstić information content (AvgIpc) is 2.43. The fourth-order valence-corrected chi connectivity index (χ4v) is 2.33. The molecule has 0 heterocycles. The van der Waals surface area contributed by atoms with Gasteiger partial charge in [0, 0.05) is 19.1 Å². The highest BCUT2D eigenvalue weighted by molar-refractivity contribution is 5.22. The zero-order valence-corrected chi connectivity index (χ0v) is 13.6. The molecule has 0 saturated carbocycles. The van der Waals surface area contributed by atoms with Crippen molar-refractivity contribution in [2.24, 2.45) is 11.1 Å². The van der Waals surface area contributed by atoms with E-state index in [0.29, 0.717) is 12.5 Å². The first-order valence-electron chi connectivity index (χ1n) is 7.39. The minimum absolute atomic E-state index is 0.225. The lowest BCUT2D eigenvalue weighted by Gasteiger charge is -2.37. The van der Waals surface area contributed by atoms with Gasteiger partial charge in [0.25, 0.3) is 0 Å². The summed E-state index contributed by atoms with van der Waals surface area (Å²) in [5.41, 5.74) is 6.01. The SMILES string of the molecule is CC(N(C)CCC(O)(CN)c1ccccc1)C(C)(C)C. The third-order valence-electron chi connectivity index (χ3n) is 4.44. The third-order valence-corrected chi connectivity index (χ3v) is 4.44. The number of nitrogens with zero attached hydrogens (tertiary/aromatic N) is 1. The molecular formula is C17H30N2O. The van der Waals surface area contributed by atoms with E-state index < -0.39 is 5.60 Å². The summed E-state index contributed by atoms with van der Waals surface area (Å²) in [6.45, 7) is 10.0. The Balaban J connectivity index is 2.71. The van der Waals surface area contributed by atoms with Gasteiger partial charge in [-0.1, -0.05) is 51.1 Å². The molecule has 2 atom stereocenters. The van der Waals surface area contributed by atoms with Crippen molar-refractivity contribution in [2.45, 2.75) is 45.8 Å². The van der Waals surface area contributed by atoms with Crippen LogP contribution >= 0.6 is 0 Å². The normalized spacial score (nSPS) is 17.0. The predicted molar refractivity (Wildman–Crippen MR) is 85.6 cm³/mol. The zero-order valence-electron chi connectivity index (χ0n) is 13.6. The van der Waals surface area contributed by atoms with Gasteiger partial charge in [-0.2, -0.15) is 0 Å². The zero-order chi connectivity index (χ0) is 15.4. The molecule has 114 valence electrons. The highest BCUT2D eigenvalue weighted by atomic mass is 16.3. The molecule has 0 aromatic heterocycles. The maximum absolute atomic E-state index is 10.8. The molecule has 1 rings (SSSR count). The van der Waals surface area contributed by atoms with Crippen LogP contribution in [-0.2, 0) is 5.60 Å². The maximum Gasteiger partial charge on any atom is 0.103 e. The van der Waals surface area contributed by atoms with E-state index in [9.17, 15) is 5.11 Å². The lowest BCUT2D eigenvalue weighted by molar-refractivity contribution is 0.0183. The Hall–Kier alpha value is -0.900. The van der Waals surface area contributed by atoms with Crippen LogP contribution in [0.5, 0.6) is 0 Å². The Morgan fingerprint density at radius 1 is 1.20 bits per heavy atom. The molecule has 1 aromatic carbocycles. The van der Waals surface area contributed by atoms with Gasteiger partial charge in [-0.05, 0) is 31.4 Å². The molecule has 3 heteroatoms. The van der Waals surface area contributed by atoms with Crippen LogP contribution in [0, 0.1) is 5.41 Å². The quantitative estimate of drug-likeness (QED) is 0.841. The molecule has 20 heavy (non-hydrogen) atoms. The Morgan fingerprint density at radius 2 is 1.75 bits per heavy atom. The first kappa shape index (κ1) is 17.2. The van der Waals surface area contributed by atoms with Gasteiger partial charge in [0.1, 0.15) is 5.60 Å². The molecule has 0 aliphatic heterocycles. The van der Waals surface area contributed by atoms with E-state index in [1.165, 1.54) is 0 Å². The molecule has 0 spiro atoms. The average molecular weight is 278 g/mol. The summed E-state index contributed by atoms with van der Waals surface area (Å²) in [7, 11) is 2.11. The smallest absolute Gasteiger partial charge is 0.103 e. The van der Waals surface area contributed by atoms with E-state index in [1.807, 2.05) is 30.3 Å². The van der Waals surface area contributed by atoms with Crippen molar-refractivity contribution >= 4 is 0 Å². The Labute approximate surface area is 123 Å². The topological polar surface area (TPSA) is 49.5 Å². The fourth-order valence-electron chi connectivity index (χ4n) is 2.33. The number of rotatable bonds is 6. The van der Waals surface area contributed by atoms with Gasteiger partial charge in [0.15, 0.2) is 0 Å². The van der Waals surface area contributed by atoms with Crippen LogP contribution in [0.25, 0.3) is 0 Å². The van der Waals surface area contributed by atoms with Gasteiger partial charge < -0.3 is 15.7 Å². The Kier molecular flexibility index (Phi) is 5.75. The molecule has 3 N–H and O–H groups in total. The number of hydrogen-bond donors (Lipinski definition) is 2. The van der Waals surface area contributed by atoms with E-state index in [4.69, 9.17) is 5.73 Å². The summed E-state index contributed by atoms with van der Waals surface area (Å²) < 4.78 is 0. The Morgan fingerprint density at radius 3 is 2.20 bits per heavy atom. The maximum atomic E-state index is 10.8. The van der Waals surface area contributed by atoms with Crippen LogP contribution < -0.4 is 5.73 Å². The second-order valence-corrected chi connectivity index (χ2v) is 6.87. The van der Waals surface area contributed by atoms with Crippen molar-refractivity contribution in [1.82, 2.24) is 4.90 Å². The third kappa shape index (κ3) is 4.30. The molecule has 0 aliphatic carbocycles. The summed E-state index contributed by atoms with van der Waals surface area (Å²) in [5, 5.41) is 10.8. The van der Waals surface area contributed by atoms with E-state index in [2.05, 4.69) is 39.6 Å². The molecule has 1 aromatic rings. The number of nitrogens with two attached hydrogens (primary N) is 1. The molecule has 0 saturated heterocycles. The van der Waals surface area contributed by atoms with Crippen LogP contribution in [0.2, 0.25) is 0 Å². The van der Waals surface area contributed by atoms with Crippen LogP contribution in [-0.4, -0.2) is 36.2 Å². The highest BCUT2D eigenvalue weighted by Crippen LogP contribution is 2.27. The second kappa shape index (κ2) is 6.70.